The van der Waals surface area contributed by atoms with Gasteiger partial charge in [0.25, 0.3) is 6.35 Å². The summed E-state index contributed by atoms with van der Waals surface area (Å²) in [4.78, 5) is 13.4. The van der Waals surface area contributed by atoms with Gasteiger partial charge in [0.1, 0.15) is 12.0 Å². The molecule has 2 aromatic carbocycles. The van der Waals surface area contributed by atoms with E-state index < -0.39 is 6.35 Å². The minimum Gasteiger partial charge on any atom is -0.451 e. The Morgan fingerprint density at radius 2 is 1.96 bits per heavy atom. The molecule has 0 amide bonds. The molecule has 5 heteroatoms. The predicted molar refractivity (Wildman–Crippen MR) is 92.4 cm³/mol. The van der Waals surface area contributed by atoms with Crippen molar-refractivity contribution in [1.29, 1.82) is 0 Å². The Balaban J connectivity index is 1.65. The van der Waals surface area contributed by atoms with Crippen molar-refractivity contribution in [2.75, 3.05) is 16.8 Å². The molecule has 2 unspecified atom stereocenters. The summed E-state index contributed by atoms with van der Waals surface area (Å²) in [6.45, 7) is 0.765. The molecule has 2 aromatic rings. The van der Waals surface area contributed by atoms with Crippen molar-refractivity contribution in [3.8, 4) is 5.75 Å². The van der Waals surface area contributed by atoms with Gasteiger partial charge in [-0.05, 0) is 43.5 Å². The number of aldehydes is 1. The Bertz CT molecular complexity index is 728. The zero-order valence-corrected chi connectivity index (χ0v) is 13.4. The van der Waals surface area contributed by atoms with Gasteiger partial charge in [-0.25, -0.2) is 0 Å². The van der Waals surface area contributed by atoms with Gasteiger partial charge in [-0.3, -0.25) is 9.69 Å². The first-order chi connectivity index (χ1) is 11.9. The normalized spacial score (nSPS) is 22.6. The van der Waals surface area contributed by atoms with Gasteiger partial charge in [-0.15, -0.1) is 0 Å². The van der Waals surface area contributed by atoms with E-state index in [1.54, 1.807) is 6.07 Å². The smallest absolute Gasteiger partial charge is 0.253 e. The number of carbonyl (C=O) groups excluding carboxylic acids is 1. The minimum atomic E-state index is -0.397. The van der Waals surface area contributed by atoms with Crippen molar-refractivity contribution in [2.45, 2.75) is 31.8 Å². The van der Waals surface area contributed by atoms with Crippen LogP contribution in [0.3, 0.4) is 0 Å². The maximum absolute atomic E-state index is 11.3. The maximum atomic E-state index is 11.3. The van der Waals surface area contributed by atoms with E-state index in [0.717, 1.165) is 43.5 Å². The topological polar surface area (TPSA) is 50.8 Å². The van der Waals surface area contributed by atoms with Crippen molar-refractivity contribution in [2.24, 2.45) is 0 Å². The molecule has 2 atom stereocenters. The fourth-order valence-corrected chi connectivity index (χ4v) is 3.29. The van der Waals surface area contributed by atoms with Crippen molar-refractivity contribution in [3.05, 3.63) is 54.1 Å². The Hall–Kier alpha value is -2.53. The fourth-order valence-electron chi connectivity index (χ4n) is 3.29. The molecule has 1 saturated heterocycles. The number of para-hydroxylation sites is 3. The number of carbonyl (C=O) groups is 1. The predicted octanol–water partition coefficient (Wildman–Crippen LogP) is 3.62. The average molecular weight is 324 g/mol. The second kappa shape index (κ2) is 6.53. The first-order valence-corrected chi connectivity index (χ1v) is 8.33. The lowest BCUT2D eigenvalue weighted by Gasteiger charge is -2.36. The van der Waals surface area contributed by atoms with E-state index in [0.29, 0.717) is 11.3 Å². The molecule has 0 radical (unpaired) electrons. The van der Waals surface area contributed by atoms with Crippen molar-refractivity contribution in [1.82, 2.24) is 0 Å². The molecule has 4 rings (SSSR count). The number of rotatable bonds is 4. The van der Waals surface area contributed by atoms with E-state index in [1.165, 1.54) is 0 Å². The van der Waals surface area contributed by atoms with Crippen LogP contribution in [0.4, 0.5) is 11.4 Å². The number of hydrogen-bond donors (Lipinski definition) is 1. The molecule has 0 bridgehead atoms. The van der Waals surface area contributed by atoms with Gasteiger partial charge in [0.2, 0.25) is 0 Å². The quantitative estimate of drug-likeness (QED) is 0.871. The Morgan fingerprint density at radius 3 is 2.79 bits per heavy atom. The van der Waals surface area contributed by atoms with E-state index >= 15 is 0 Å². The third-order valence-corrected chi connectivity index (χ3v) is 4.46. The molecule has 24 heavy (non-hydrogen) atoms. The van der Waals surface area contributed by atoms with Crippen LogP contribution in [0.1, 0.15) is 29.6 Å². The van der Waals surface area contributed by atoms with Gasteiger partial charge in [0.15, 0.2) is 6.29 Å². The number of nitrogens with one attached hydrogen (secondary N) is 1. The summed E-state index contributed by atoms with van der Waals surface area (Å²) in [5.74, 6) is 0.568. The number of hydrogen-bond acceptors (Lipinski definition) is 5. The van der Waals surface area contributed by atoms with Gasteiger partial charge >= 0.3 is 0 Å². The highest BCUT2D eigenvalue weighted by molar-refractivity contribution is 5.80. The van der Waals surface area contributed by atoms with E-state index in [-0.39, 0.29) is 6.23 Å². The Kier molecular flexibility index (Phi) is 4.09. The molecular weight excluding hydrogens is 304 g/mol. The van der Waals surface area contributed by atoms with Gasteiger partial charge in [-0.1, -0.05) is 24.3 Å². The first-order valence-electron chi connectivity index (χ1n) is 8.33. The maximum Gasteiger partial charge on any atom is 0.253 e. The zero-order chi connectivity index (χ0) is 16.4. The molecule has 2 aliphatic rings. The summed E-state index contributed by atoms with van der Waals surface area (Å²) >= 11 is 0. The van der Waals surface area contributed by atoms with Gasteiger partial charge in [-0.2, -0.15) is 0 Å². The molecule has 5 nitrogen and oxygen atoms in total. The highest BCUT2D eigenvalue weighted by atomic mass is 16.5. The van der Waals surface area contributed by atoms with Crippen LogP contribution < -0.4 is 15.0 Å². The van der Waals surface area contributed by atoms with Crippen LogP contribution in [0, 0.1) is 0 Å². The van der Waals surface area contributed by atoms with E-state index in [4.69, 9.17) is 9.47 Å². The van der Waals surface area contributed by atoms with Crippen LogP contribution in [-0.4, -0.2) is 25.5 Å². The largest absolute Gasteiger partial charge is 0.451 e. The molecule has 2 aliphatic heterocycles. The van der Waals surface area contributed by atoms with E-state index in [2.05, 4.69) is 16.3 Å². The van der Waals surface area contributed by atoms with Crippen molar-refractivity contribution in [3.63, 3.8) is 0 Å². The lowest BCUT2D eigenvalue weighted by Crippen LogP contribution is -2.49. The number of ether oxygens (including phenoxy) is 2. The second-order valence-corrected chi connectivity index (χ2v) is 6.02. The van der Waals surface area contributed by atoms with Crippen molar-refractivity contribution >= 4 is 17.7 Å². The molecule has 0 aromatic heterocycles. The molecule has 124 valence electrons. The highest BCUT2D eigenvalue weighted by Gasteiger charge is 2.36. The molecule has 1 N–H and O–H groups in total. The van der Waals surface area contributed by atoms with Crippen LogP contribution >= 0.6 is 0 Å². The van der Waals surface area contributed by atoms with Crippen LogP contribution in [0.15, 0.2) is 48.5 Å². The lowest BCUT2D eigenvalue weighted by atomic mass is 10.1. The summed E-state index contributed by atoms with van der Waals surface area (Å²) in [6.07, 6.45) is 3.60. The van der Waals surface area contributed by atoms with E-state index in [9.17, 15) is 4.79 Å². The summed E-state index contributed by atoms with van der Waals surface area (Å²) in [6, 6.07) is 15.4. The summed E-state index contributed by atoms with van der Waals surface area (Å²) < 4.78 is 12.1. The highest BCUT2D eigenvalue weighted by Crippen LogP contribution is 2.38. The fraction of sp³-hybridized carbons (Fsp3) is 0.316. The summed E-state index contributed by atoms with van der Waals surface area (Å²) in [5.41, 5.74) is 2.62. The van der Waals surface area contributed by atoms with Gasteiger partial charge in [0.05, 0.1) is 16.9 Å². The summed E-state index contributed by atoms with van der Waals surface area (Å²) in [7, 11) is 0. The monoisotopic (exact) mass is 324 g/mol. The molecule has 0 aliphatic carbocycles. The van der Waals surface area contributed by atoms with Crippen molar-refractivity contribution < 1.29 is 14.3 Å². The lowest BCUT2D eigenvalue weighted by molar-refractivity contribution is -0.00209. The zero-order valence-electron chi connectivity index (χ0n) is 13.4. The van der Waals surface area contributed by atoms with Crippen LogP contribution in [0.2, 0.25) is 0 Å². The third kappa shape index (κ3) is 2.71. The molecule has 1 fully saturated rings. The minimum absolute atomic E-state index is 0.0247. The van der Waals surface area contributed by atoms with Crippen LogP contribution in [0.25, 0.3) is 0 Å². The van der Waals surface area contributed by atoms with Crippen LogP contribution in [-0.2, 0) is 4.74 Å². The third-order valence-electron chi connectivity index (χ3n) is 4.46. The van der Waals surface area contributed by atoms with E-state index in [1.807, 2.05) is 36.4 Å². The number of anilines is 2. The van der Waals surface area contributed by atoms with Gasteiger partial charge < -0.3 is 14.8 Å². The molecule has 2 heterocycles. The standard InChI is InChI=1S/C19H20N2O3/c22-13-14-7-1-4-10-17(14)24-19-20-15-8-2-3-9-16(15)21(19)18-11-5-6-12-23-18/h1-4,7-10,13,18-20H,5-6,11-12H2. The SMILES string of the molecule is O=Cc1ccccc1OC1Nc2ccccc2N1C1CCCCO1. The number of fused-ring (bicyclic) bond motifs is 1. The summed E-state index contributed by atoms with van der Waals surface area (Å²) in [5, 5.41) is 3.39. The Morgan fingerprint density at radius 1 is 1.12 bits per heavy atom. The number of benzene rings is 2. The average Bonchev–Trinajstić information content (AvgIpc) is 3.00. The van der Waals surface area contributed by atoms with Gasteiger partial charge in [0, 0.05) is 6.61 Å². The molecular formula is C19H20N2O3. The number of nitrogens with zero attached hydrogens (tertiary/aromatic N) is 1. The first kappa shape index (κ1) is 15.0. The van der Waals surface area contributed by atoms with Crippen LogP contribution in [0.5, 0.6) is 5.75 Å². The Labute approximate surface area is 141 Å². The molecule has 0 saturated carbocycles. The second-order valence-electron chi connectivity index (χ2n) is 6.02. The molecule has 0 spiro atoms.